The van der Waals surface area contributed by atoms with Crippen LogP contribution >= 0.6 is 34.8 Å². The van der Waals surface area contributed by atoms with E-state index in [-0.39, 0.29) is 16.0 Å². The maximum absolute atomic E-state index is 12.1. The van der Waals surface area contributed by atoms with Crippen LogP contribution in [0.25, 0.3) is 0 Å². The first-order chi connectivity index (χ1) is 8.99. The van der Waals surface area contributed by atoms with E-state index in [4.69, 9.17) is 40.5 Å². The zero-order valence-corrected chi connectivity index (χ0v) is 11.9. The zero-order chi connectivity index (χ0) is 14.0. The maximum Gasteiger partial charge on any atom is 0.257 e. The number of amides is 1. The van der Waals surface area contributed by atoms with Crippen molar-refractivity contribution in [1.82, 2.24) is 0 Å². The summed E-state index contributed by atoms with van der Waals surface area (Å²) >= 11 is 17.8. The van der Waals surface area contributed by atoms with Gasteiger partial charge in [0.2, 0.25) is 0 Å². The summed E-state index contributed by atoms with van der Waals surface area (Å²) in [6.07, 6.45) is 0. The summed E-state index contributed by atoms with van der Waals surface area (Å²) in [5, 5.41) is 3.55. The van der Waals surface area contributed by atoms with Crippen molar-refractivity contribution in [2.24, 2.45) is 0 Å². The van der Waals surface area contributed by atoms with Crippen LogP contribution in [0.5, 0.6) is 0 Å². The van der Waals surface area contributed by atoms with Crippen molar-refractivity contribution < 1.29 is 4.79 Å². The average molecular weight is 316 g/mol. The van der Waals surface area contributed by atoms with Crippen LogP contribution in [0.2, 0.25) is 15.1 Å². The van der Waals surface area contributed by atoms with Crippen molar-refractivity contribution in [2.45, 2.75) is 0 Å². The Morgan fingerprint density at radius 3 is 2.21 bits per heavy atom. The minimum Gasteiger partial charge on any atom is -0.398 e. The predicted molar refractivity (Wildman–Crippen MR) is 80.3 cm³/mol. The lowest BCUT2D eigenvalue weighted by molar-refractivity contribution is 0.102. The van der Waals surface area contributed by atoms with Gasteiger partial charge >= 0.3 is 0 Å². The summed E-state index contributed by atoms with van der Waals surface area (Å²) in [5.74, 6) is -0.385. The number of halogens is 3. The van der Waals surface area contributed by atoms with E-state index in [0.717, 1.165) is 0 Å². The second kappa shape index (κ2) is 5.70. The number of benzene rings is 2. The van der Waals surface area contributed by atoms with Gasteiger partial charge in [-0.15, -0.1) is 0 Å². The normalized spacial score (nSPS) is 10.3. The zero-order valence-electron chi connectivity index (χ0n) is 9.58. The third kappa shape index (κ3) is 3.13. The van der Waals surface area contributed by atoms with Crippen LogP contribution in [0.3, 0.4) is 0 Å². The van der Waals surface area contributed by atoms with Gasteiger partial charge in [-0.1, -0.05) is 46.9 Å². The van der Waals surface area contributed by atoms with E-state index in [1.807, 2.05) is 0 Å². The number of hydrogen-bond donors (Lipinski definition) is 2. The smallest absolute Gasteiger partial charge is 0.257 e. The van der Waals surface area contributed by atoms with Crippen molar-refractivity contribution >= 4 is 52.1 Å². The number of nitrogens with two attached hydrogens (primary N) is 1. The molecule has 2 aromatic rings. The summed E-state index contributed by atoms with van der Waals surface area (Å²) in [6, 6.07) is 9.71. The van der Waals surface area contributed by atoms with Crippen molar-refractivity contribution in [1.29, 1.82) is 0 Å². The number of nitrogen functional groups attached to an aromatic ring is 1. The van der Waals surface area contributed by atoms with Crippen LogP contribution in [0.1, 0.15) is 10.4 Å². The number of para-hydroxylation sites is 1. The van der Waals surface area contributed by atoms with Gasteiger partial charge in [0.05, 0.1) is 21.3 Å². The minimum atomic E-state index is -0.385. The number of nitrogens with one attached hydrogen (secondary N) is 1. The van der Waals surface area contributed by atoms with E-state index in [9.17, 15) is 4.79 Å². The summed E-state index contributed by atoms with van der Waals surface area (Å²) in [4.78, 5) is 12.1. The Balaban J connectivity index is 2.32. The number of carbonyl (C=O) groups is 1. The molecule has 3 N–H and O–H groups in total. The molecule has 0 atom stereocenters. The Labute approximate surface area is 125 Å². The predicted octanol–water partition coefficient (Wildman–Crippen LogP) is 4.48. The van der Waals surface area contributed by atoms with Gasteiger partial charge in [0.25, 0.3) is 5.91 Å². The summed E-state index contributed by atoms with van der Waals surface area (Å²) < 4.78 is 0. The summed E-state index contributed by atoms with van der Waals surface area (Å²) in [7, 11) is 0. The minimum absolute atomic E-state index is 0.264. The summed E-state index contributed by atoms with van der Waals surface area (Å²) in [5.41, 5.74) is 6.76. The van der Waals surface area contributed by atoms with Crippen LogP contribution in [-0.4, -0.2) is 5.91 Å². The van der Waals surface area contributed by atoms with Crippen LogP contribution in [-0.2, 0) is 0 Å². The monoisotopic (exact) mass is 314 g/mol. The third-order valence-electron chi connectivity index (χ3n) is 2.45. The molecule has 0 aliphatic carbocycles. The lowest BCUT2D eigenvalue weighted by Gasteiger charge is -2.11. The standard InChI is InChI=1S/C13H9Cl3N2O/c14-7-5-9(15)12(10(16)6-7)18-13(19)8-3-1-2-4-11(8)17/h1-6H,17H2,(H,18,19). The Bertz CT molecular complexity index is 621. The van der Waals surface area contributed by atoms with Gasteiger partial charge in [0.15, 0.2) is 0 Å². The molecular formula is C13H9Cl3N2O. The molecule has 0 radical (unpaired) electrons. The Kier molecular flexibility index (Phi) is 4.20. The molecule has 19 heavy (non-hydrogen) atoms. The molecule has 1 amide bonds. The molecule has 0 fully saturated rings. The molecule has 98 valence electrons. The molecule has 0 bridgehead atoms. The van der Waals surface area contributed by atoms with Crippen LogP contribution in [0.15, 0.2) is 36.4 Å². The molecular weight excluding hydrogens is 307 g/mol. The topological polar surface area (TPSA) is 55.1 Å². The van der Waals surface area contributed by atoms with Crippen LogP contribution in [0, 0.1) is 0 Å². The molecule has 0 aliphatic heterocycles. The molecule has 2 rings (SSSR count). The fraction of sp³-hybridized carbons (Fsp3) is 0. The van der Waals surface area contributed by atoms with Gasteiger partial charge in [-0.25, -0.2) is 0 Å². The van der Waals surface area contributed by atoms with Gasteiger partial charge in [0.1, 0.15) is 0 Å². The highest BCUT2D eigenvalue weighted by molar-refractivity contribution is 6.42. The third-order valence-corrected chi connectivity index (χ3v) is 3.27. The number of rotatable bonds is 2. The first kappa shape index (κ1) is 14.0. The van der Waals surface area contributed by atoms with Crippen LogP contribution < -0.4 is 11.1 Å². The van der Waals surface area contributed by atoms with Gasteiger partial charge < -0.3 is 11.1 Å². The van der Waals surface area contributed by atoms with E-state index in [0.29, 0.717) is 22.0 Å². The van der Waals surface area contributed by atoms with E-state index < -0.39 is 0 Å². The molecule has 0 aliphatic rings. The SMILES string of the molecule is Nc1ccccc1C(=O)Nc1c(Cl)cc(Cl)cc1Cl. The van der Waals surface area contributed by atoms with Crippen molar-refractivity contribution in [3.05, 3.63) is 57.0 Å². The first-order valence-electron chi connectivity index (χ1n) is 5.29. The number of hydrogen-bond acceptors (Lipinski definition) is 2. The molecule has 3 nitrogen and oxygen atoms in total. The van der Waals surface area contributed by atoms with E-state index in [1.54, 1.807) is 24.3 Å². The Hall–Kier alpha value is -1.42. The van der Waals surface area contributed by atoms with E-state index in [1.165, 1.54) is 12.1 Å². The van der Waals surface area contributed by atoms with Crippen LogP contribution in [0.4, 0.5) is 11.4 Å². The Morgan fingerprint density at radius 2 is 1.63 bits per heavy atom. The van der Waals surface area contributed by atoms with E-state index in [2.05, 4.69) is 5.32 Å². The highest BCUT2D eigenvalue weighted by Crippen LogP contribution is 2.34. The number of anilines is 2. The highest BCUT2D eigenvalue weighted by Gasteiger charge is 2.14. The molecule has 0 aromatic heterocycles. The first-order valence-corrected chi connectivity index (χ1v) is 6.43. The fourth-order valence-corrected chi connectivity index (χ4v) is 2.46. The second-order valence-electron chi connectivity index (χ2n) is 3.79. The lowest BCUT2D eigenvalue weighted by atomic mass is 10.1. The molecule has 0 unspecified atom stereocenters. The fourth-order valence-electron chi connectivity index (χ4n) is 1.55. The largest absolute Gasteiger partial charge is 0.398 e. The Morgan fingerprint density at radius 1 is 1.05 bits per heavy atom. The lowest BCUT2D eigenvalue weighted by Crippen LogP contribution is -2.14. The highest BCUT2D eigenvalue weighted by atomic mass is 35.5. The van der Waals surface area contributed by atoms with Crippen molar-refractivity contribution in [3.8, 4) is 0 Å². The quantitative estimate of drug-likeness (QED) is 0.803. The van der Waals surface area contributed by atoms with E-state index >= 15 is 0 Å². The van der Waals surface area contributed by atoms with Gasteiger partial charge in [0, 0.05) is 10.7 Å². The molecule has 6 heteroatoms. The second-order valence-corrected chi connectivity index (χ2v) is 5.04. The number of carbonyl (C=O) groups excluding carboxylic acids is 1. The average Bonchev–Trinajstić information content (AvgIpc) is 2.34. The molecule has 0 spiro atoms. The molecule has 2 aromatic carbocycles. The van der Waals surface area contributed by atoms with Crippen molar-refractivity contribution in [2.75, 3.05) is 11.1 Å². The van der Waals surface area contributed by atoms with Gasteiger partial charge in [-0.2, -0.15) is 0 Å². The molecule has 0 saturated carbocycles. The van der Waals surface area contributed by atoms with Gasteiger partial charge in [-0.05, 0) is 24.3 Å². The van der Waals surface area contributed by atoms with Crippen molar-refractivity contribution in [3.63, 3.8) is 0 Å². The molecule has 0 saturated heterocycles. The molecule has 0 heterocycles. The maximum atomic E-state index is 12.1. The van der Waals surface area contributed by atoms with Gasteiger partial charge in [-0.3, -0.25) is 4.79 Å². The summed E-state index contributed by atoms with van der Waals surface area (Å²) in [6.45, 7) is 0.